The number of aryl methyl sites for hydroxylation is 1. The molecule has 4 rings (SSSR count). The van der Waals surface area contributed by atoms with Gasteiger partial charge in [-0.3, -0.25) is 9.48 Å². The summed E-state index contributed by atoms with van der Waals surface area (Å²) in [6.45, 7) is 0.920. The standard InChI is InChI=1S/C18H24N4OS/c1-21-11-14(9-19-21)17-20-16(12-24-17)18(23)22(10-13-7-8-13)15-5-3-2-4-6-15/h9,11-13,15H,2-8,10H2,1H3. The summed E-state index contributed by atoms with van der Waals surface area (Å²) >= 11 is 1.53. The molecule has 0 aliphatic heterocycles. The molecule has 0 atom stereocenters. The van der Waals surface area contributed by atoms with Gasteiger partial charge in [-0.1, -0.05) is 19.3 Å². The molecule has 2 saturated carbocycles. The van der Waals surface area contributed by atoms with E-state index in [1.807, 2.05) is 18.6 Å². The van der Waals surface area contributed by atoms with Crippen LogP contribution in [0, 0.1) is 5.92 Å². The second kappa shape index (κ2) is 6.67. The Kier molecular flexibility index (Phi) is 4.39. The molecule has 0 saturated heterocycles. The second-order valence-corrected chi connectivity index (χ2v) is 7.99. The van der Waals surface area contributed by atoms with Crippen molar-refractivity contribution >= 4 is 17.2 Å². The molecule has 5 nitrogen and oxygen atoms in total. The molecule has 2 aromatic heterocycles. The maximum absolute atomic E-state index is 13.1. The summed E-state index contributed by atoms with van der Waals surface area (Å²) in [5, 5.41) is 6.98. The third-order valence-electron chi connectivity index (χ3n) is 5.10. The van der Waals surface area contributed by atoms with Crippen LogP contribution in [0.1, 0.15) is 55.4 Å². The second-order valence-electron chi connectivity index (χ2n) is 7.13. The van der Waals surface area contributed by atoms with Crippen LogP contribution in [0.25, 0.3) is 10.6 Å². The Hall–Kier alpha value is -1.69. The molecule has 0 unspecified atom stereocenters. The van der Waals surface area contributed by atoms with Crippen LogP contribution in [0.2, 0.25) is 0 Å². The summed E-state index contributed by atoms with van der Waals surface area (Å²) < 4.78 is 1.76. The van der Waals surface area contributed by atoms with Gasteiger partial charge < -0.3 is 4.90 Å². The number of nitrogens with zero attached hydrogens (tertiary/aromatic N) is 4. The van der Waals surface area contributed by atoms with Crippen molar-refractivity contribution < 1.29 is 4.79 Å². The lowest BCUT2D eigenvalue weighted by Gasteiger charge is -2.34. The van der Waals surface area contributed by atoms with Crippen molar-refractivity contribution in [2.45, 2.75) is 51.0 Å². The van der Waals surface area contributed by atoms with E-state index in [0.29, 0.717) is 17.7 Å². The summed E-state index contributed by atoms with van der Waals surface area (Å²) in [6.07, 6.45) is 12.4. The monoisotopic (exact) mass is 344 g/mol. The molecule has 2 aliphatic carbocycles. The lowest BCUT2D eigenvalue weighted by atomic mass is 9.93. The van der Waals surface area contributed by atoms with E-state index in [-0.39, 0.29) is 5.91 Å². The summed E-state index contributed by atoms with van der Waals surface area (Å²) in [5.41, 5.74) is 1.58. The van der Waals surface area contributed by atoms with E-state index in [4.69, 9.17) is 0 Å². The van der Waals surface area contributed by atoms with Crippen LogP contribution in [0.5, 0.6) is 0 Å². The van der Waals surface area contributed by atoms with Crippen molar-refractivity contribution in [2.24, 2.45) is 13.0 Å². The Morgan fingerprint density at radius 2 is 2.08 bits per heavy atom. The van der Waals surface area contributed by atoms with Crippen LogP contribution in [-0.4, -0.2) is 38.2 Å². The van der Waals surface area contributed by atoms with E-state index in [1.54, 1.807) is 10.9 Å². The van der Waals surface area contributed by atoms with Crippen LogP contribution >= 0.6 is 11.3 Å². The zero-order valence-electron chi connectivity index (χ0n) is 14.1. The minimum Gasteiger partial charge on any atom is -0.334 e. The first-order chi connectivity index (χ1) is 11.7. The van der Waals surface area contributed by atoms with Crippen LogP contribution in [0.15, 0.2) is 17.8 Å². The lowest BCUT2D eigenvalue weighted by Crippen LogP contribution is -2.42. The van der Waals surface area contributed by atoms with Crippen molar-refractivity contribution in [3.05, 3.63) is 23.5 Å². The highest BCUT2D eigenvalue weighted by atomic mass is 32.1. The molecule has 128 valence electrons. The maximum atomic E-state index is 13.1. The van der Waals surface area contributed by atoms with Crippen molar-refractivity contribution in [3.63, 3.8) is 0 Å². The fourth-order valence-corrected chi connectivity index (χ4v) is 4.32. The van der Waals surface area contributed by atoms with Gasteiger partial charge in [0.1, 0.15) is 10.7 Å². The van der Waals surface area contributed by atoms with E-state index in [9.17, 15) is 4.79 Å². The van der Waals surface area contributed by atoms with Gasteiger partial charge in [-0.15, -0.1) is 11.3 Å². The van der Waals surface area contributed by atoms with Crippen molar-refractivity contribution in [3.8, 4) is 10.6 Å². The van der Waals surface area contributed by atoms with E-state index in [2.05, 4.69) is 15.0 Å². The average Bonchev–Trinajstić information content (AvgIpc) is 3.10. The van der Waals surface area contributed by atoms with Gasteiger partial charge in [0, 0.05) is 36.8 Å². The first-order valence-electron chi connectivity index (χ1n) is 8.96. The van der Waals surface area contributed by atoms with Crippen molar-refractivity contribution in [2.75, 3.05) is 6.54 Å². The van der Waals surface area contributed by atoms with E-state index >= 15 is 0 Å². The Bertz CT molecular complexity index is 712. The quantitative estimate of drug-likeness (QED) is 0.830. The zero-order chi connectivity index (χ0) is 16.5. The molecule has 6 heteroatoms. The molecule has 2 heterocycles. The molecule has 2 aromatic rings. The molecular formula is C18H24N4OS. The summed E-state index contributed by atoms with van der Waals surface area (Å²) in [6, 6.07) is 0.412. The fourth-order valence-electron chi connectivity index (χ4n) is 3.55. The first-order valence-corrected chi connectivity index (χ1v) is 9.84. The number of amides is 1. The maximum Gasteiger partial charge on any atom is 0.273 e. The number of hydrogen-bond donors (Lipinski definition) is 0. The summed E-state index contributed by atoms with van der Waals surface area (Å²) in [7, 11) is 1.89. The van der Waals surface area contributed by atoms with Gasteiger partial charge in [-0.05, 0) is 31.6 Å². The Labute approximate surface area is 146 Å². The highest BCUT2D eigenvalue weighted by Gasteiger charge is 2.33. The summed E-state index contributed by atoms with van der Waals surface area (Å²) in [5.74, 6) is 0.840. The minimum atomic E-state index is 0.125. The molecule has 0 bridgehead atoms. The van der Waals surface area contributed by atoms with Gasteiger partial charge in [0.2, 0.25) is 0 Å². The highest BCUT2D eigenvalue weighted by molar-refractivity contribution is 7.13. The summed E-state index contributed by atoms with van der Waals surface area (Å²) in [4.78, 5) is 19.9. The molecule has 0 N–H and O–H groups in total. The number of rotatable bonds is 5. The van der Waals surface area contributed by atoms with Gasteiger partial charge >= 0.3 is 0 Å². The zero-order valence-corrected chi connectivity index (χ0v) is 15.0. The number of hydrogen-bond acceptors (Lipinski definition) is 4. The highest BCUT2D eigenvalue weighted by Crippen LogP contribution is 2.34. The van der Waals surface area contributed by atoms with Gasteiger partial charge in [0.15, 0.2) is 0 Å². The molecular weight excluding hydrogens is 320 g/mol. The third kappa shape index (κ3) is 3.38. The van der Waals surface area contributed by atoms with Gasteiger partial charge in [-0.25, -0.2) is 4.98 Å². The molecule has 0 radical (unpaired) electrons. The van der Waals surface area contributed by atoms with Gasteiger partial charge in [-0.2, -0.15) is 5.10 Å². The molecule has 0 aromatic carbocycles. The smallest absolute Gasteiger partial charge is 0.273 e. The first kappa shape index (κ1) is 15.8. The van der Waals surface area contributed by atoms with E-state index in [1.165, 1.54) is 43.4 Å². The predicted molar refractivity (Wildman–Crippen MR) is 94.9 cm³/mol. The Balaban J connectivity index is 1.54. The lowest BCUT2D eigenvalue weighted by molar-refractivity contribution is 0.0617. The SMILES string of the molecule is Cn1cc(-c2nc(C(=O)N(CC3CC3)C3CCCCC3)cs2)cn1. The van der Waals surface area contributed by atoms with E-state index in [0.717, 1.165) is 30.0 Å². The molecule has 0 spiro atoms. The predicted octanol–water partition coefficient (Wildman–Crippen LogP) is 3.73. The van der Waals surface area contributed by atoms with Gasteiger partial charge in [0.05, 0.1) is 6.20 Å². The third-order valence-corrected chi connectivity index (χ3v) is 5.99. The Morgan fingerprint density at radius 3 is 2.75 bits per heavy atom. The van der Waals surface area contributed by atoms with Crippen LogP contribution in [0.4, 0.5) is 0 Å². The van der Waals surface area contributed by atoms with Gasteiger partial charge in [0.25, 0.3) is 5.91 Å². The minimum absolute atomic E-state index is 0.125. The van der Waals surface area contributed by atoms with Crippen LogP contribution < -0.4 is 0 Å². The topological polar surface area (TPSA) is 51.0 Å². The fraction of sp³-hybridized carbons (Fsp3) is 0.611. The molecule has 2 fully saturated rings. The molecule has 2 aliphatic rings. The van der Waals surface area contributed by atoms with E-state index < -0.39 is 0 Å². The van der Waals surface area contributed by atoms with Crippen LogP contribution in [0.3, 0.4) is 0 Å². The van der Waals surface area contributed by atoms with Crippen LogP contribution in [-0.2, 0) is 7.05 Å². The normalized spacial score (nSPS) is 18.7. The average molecular weight is 344 g/mol. The number of aromatic nitrogens is 3. The molecule has 1 amide bonds. The van der Waals surface area contributed by atoms with Crippen molar-refractivity contribution in [1.29, 1.82) is 0 Å². The number of thiazole rings is 1. The Morgan fingerprint density at radius 1 is 1.29 bits per heavy atom. The number of carbonyl (C=O) groups excluding carboxylic acids is 1. The molecule has 24 heavy (non-hydrogen) atoms. The van der Waals surface area contributed by atoms with Crippen molar-refractivity contribution in [1.82, 2.24) is 19.7 Å². The largest absolute Gasteiger partial charge is 0.334 e. The number of carbonyl (C=O) groups is 1.